The van der Waals surface area contributed by atoms with Gasteiger partial charge >= 0.3 is 6.18 Å². The summed E-state index contributed by atoms with van der Waals surface area (Å²) >= 11 is 0. The third kappa shape index (κ3) is 6.58. The monoisotopic (exact) mass is 642 g/mol. The molecule has 2 aliphatic heterocycles. The maximum atomic E-state index is 13.6. The molecule has 0 spiro atoms. The van der Waals surface area contributed by atoms with E-state index in [1.54, 1.807) is 12.1 Å². The summed E-state index contributed by atoms with van der Waals surface area (Å²) in [4.78, 5) is 4.58. The average molecular weight is 643 g/mol. The summed E-state index contributed by atoms with van der Waals surface area (Å²) in [6, 6.07) is 24.8. The zero-order valence-corrected chi connectivity index (χ0v) is 25.3. The Bertz CT molecular complexity index is 1680. The van der Waals surface area contributed by atoms with Gasteiger partial charge in [-0.25, -0.2) is 5.14 Å². The number of hydrogen-bond donors (Lipinski definition) is 1. The van der Waals surface area contributed by atoms with Gasteiger partial charge in [0.25, 0.3) is 16.0 Å². The van der Waals surface area contributed by atoms with Gasteiger partial charge in [-0.15, -0.1) is 5.10 Å². The molecule has 0 radical (unpaired) electrons. The average Bonchev–Trinajstić information content (AvgIpc) is 3.53. The standard InChI is InChI=1S/C30H33F3N8O3S/c1-44-27-13-12-24(41-29(30(31,32)33)35-36-37-41)16-23(27)17-38-18-25-19-39(45(34,42)43)14-15-40(25)26(20-38)28(21-8-4-2-5-9-21)22-10-6-3-7-11-22/h2-13,16,25-26,28H,14-15,17-20H2,1H3,(H2,34,42,43)/t25-,26?/m1/s1. The van der Waals surface area contributed by atoms with Crippen molar-refractivity contribution in [3.63, 3.8) is 0 Å². The van der Waals surface area contributed by atoms with Crippen LogP contribution < -0.4 is 9.88 Å². The van der Waals surface area contributed by atoms with Crippen molar-refractivity contribution in [3.8, 4) is 11.4 Å². The summed E-state index contributed by atoms with van der Waals surface area (Å²) in [6.45, 7) is 2.45. The number of halogens is 3. The van der Waals surface area contributed by atoms with E-state index in [2.05, 4.69) is 49.6 Å². The third-order valence-corrected chi connectivity index (χ3v) is 9.57. The minimum absolute atomic E-state index is 0.0393. The second-order valence-corrected chi connectivity index (χ2v) is 12.8. The fraction of sp³-hybridized carbons (Fsp3) is 0.367. The molecule has 0 bridgehead atoms. The van der Waals surface area contributed by atoms with Gasteiger partial charge in [0.1, 0.15) is 5.75 Å². The first-order valence-electron chi connectivity index (χ1n) is 14.4. The molecule has 0 aliphatic carbocycles. The quantitative estimate of drug-likeness (QED) is 0.312. The van der Waals surface area contributed by atoms with Gasteiger partial charge in [0.05, 0.1) is 12.8 Å². The molecule has 45 heavy (non-hydrogen) atoms. The molecule has 15 heteroatoms. The number of aromatic nitrogens is 4. The zero-order chi connectivity index (χ0) is 31.8. The topological polar surface area (TPSA) is 123 Å². The number of ether oxygens (including phenoxy) is 1. The van der Waals surface area contributed by atoms with Crippen LogP contribution in [-0.2, 0) is 22.9 Å². The highest BCUT2D eigenvalue weighted by molar-refractivity contribution is 7.86. The van der Waals surface area contributed by atoms with E-state index < -0.39 is 22.2 Å². The minimum Gasteiger partial charge on any atom is -0.496 e. The van der Waals surface area contributed by atoms with Crippen molar-refractivity contribution in [1.29, 1.82) is 0 Å². The number of piperazine rings is 2. The van der Waals surface area contributed by atoms with Gasteiger partial charge in [-0.1, -0.05) is 60.7 Å². The van der Waals surface area contributed by atoms with Crippen LogP contribution in [0.2, 0.25) is 0 Å². The molecular formula is C30H33F3N8O3S. The Morgan fingerprint density at radius 2 is 1.62 bits per heavy atom. The lowest BCUT2D eigenvalue weighted by Gasteiger charge is -2.53. The Labute approximate surface area is 259 Å². The van der Waals surface area contributed by atoms with Gasteiger partial charge < -0.3 is 4.74 Å². The summed E-state index contributed by atoms with van der Waals surface area (Å²) in [6.07, 6.45) is -4.74. The molecule has 3 aromatic carbocycles. The fourth-order valence-corrected chi connectivity index (χ4v) is 7.31. The summed E-state index contributed by atoms with van der Waals surface area (Å²) in [5.74, 6) is -0.773. The fourth-order valence-electron chi connectivity index (χ4n) is 6.60. The SMILES string of the molecule is COc1ccc(-n2nnnc2C(F)(F)F)cc1CN1CC(C(c2ccccc2)c2ccccc2)N2CCN(S(N)(=O)=O)C[C@H]2C1. The van der Waals surface area contributed by atoms with E-state index in [4.69, 9.17) is 9.88 Å². The highest BCUT2D eigenvalue weighted by atomic mass is 32.2. The molecule has 3 heterocycles. The lowest BCUT2D eigenvalue weighted by atomic mass is 9.81. The minimum atomic E-state index is -4.74. The van der Waals surface area contributed by atoms with Gasteiger partial charge in [0.2, 0.25) is 0 Å². The number of nitrogens with zero attached hydrogens (tertiary/aromatic N) is 7. The van der Waals surface area contributed by atoms with Crippen LogP contribution in [0.15, 0.2) is 78.9 Å². The maximum Gasteiger partial charge on any atom is 0.453 e. The lowest BCUT2D eigenvalue weighted by molar-refractivity contribution is -0.146. The molecule has 0 saturated carbocycles. The van der Waals surface area contributed by atoms with Crippen LogP contribution in [0.5, 0.6) is 5.75 Å². The van der Waals surface area contributed by atoms with E-state index >= 15 is 0 Å². The van der Waals surface area contributed by atoms with E-state index in [0.29, 0.717) is 42.2 Å². The second kappa shape index (κ2) is 12.5. The highest BCUT2D eigenvalue weighted by Crippen LogP contribution is 2.37. The molecule has 1 unspecified atom stereocenters. The number of rotatable bonds is 8. The number of hydrogen-bond acceptors (Lipinski definition) is 8. The molecule has 11 nitrogen and oxygen atoms in total. The Hall–Kier alpha value is -3.89. The number of fused-ring (bicyclic) bond motifs is 1. The van der Waals surface area contributed by atoms with Crippen LogP contribution >= 0.6 is 0 Å². The summed E-state index contributed by atoms with van der Waals surface area (Å²) < 4.78 is 73.2. The van der Waals surface area contributed by atoms with Crippen molar-refractivity contribution in [1.82, 2.24) is 34.3 Å². The van der Waals surface area contributed by atoms with Crippen molar-refractivity contribution < 1.29 is 26.3 Å². The third-order valence-electron chi connectivity index (χ3n) is 8.52. The molecule has 2 saturated heterocycles. The Morgan fingerprint density at radius 1 is 0.956 bits per heavy atom. The van der Waals surface area contributed by atoms with Crippen LogP contribution in [0.25, 0.3) is 5.69 Å². The van der Waals surface area contributed by atoms with Crippen LogP contribution in [0, 0.1) is 0 Å². The molecular weight excluding hydrogens is 609 g/mol. The van der Waals surface area contributed by atoms with Crippen molar-refractivity contribution in [2.45, 2.75) is 30.7 Å². The zero-order valence-electron chi connectivity index (χ0n) is 24.5. The molecule has 2 atom stereocenters. The van der Waals surface area contributed by atoms with Gasteiger partial charge in [0.15, 0.2) is 0 Å². The molecule has 1 aromatic heterocycles. The number of methoxy groups -OCH3 is 1. The highest BCUT2D eigenvalue weighted by Gasteiger charge is 2.44. The number of nitrogens with two attached hydrogens (primary N) is 1. The van der Waals surface area contributed by atoms with E-state index in [9.17, 15) is 21.6 Å². The first-order chi connectivity index (χ1) is 21.5. The van der Waals surface area contributed by atoms with Crippen molar-refractivity contribution in [2.24, 2.45) is 5.14 Å². The van der Waals surface area contributed by atoms with Crippen molar-refractivity contribution in [2.75, 3.05) is 39.8 Å². The molecule has 0 amide bonds. The van der Waals surface area contributed by atoms with Gasteiger partial charge in [0, 0.05) is 62.8 Å². The second-order valence-electron chi connectivity index (χ2n) is 11.3. The van der Waals surface area contributed by atoms with E-state index in [1.165, 1.54) is 17.5 Å². The Balaban J connectivity index is 1.38. The summed E-state index contributed by atoms with van der Waals surface area (Å²) in [5.41, 5.74) is 3.03. The van der Waals surface area contributed by atoms with Gasteiger partial charge in [-0.2, -0.15) is 30.6 Å². The lowest BCUT2D eigenvalue weighted by Crippen LogP contribution is -2.67. The van der Waals surface area contributed by atoms with Crippen LogP contribution in [0.3, 0.4) is 0 Å². The molecule has 2 N–H and O–H groups in total. The van der Waals surface area contributed by atoms with Crippen LogP contribution in [0.1, 0.15) is 28.4 Å². The maximum absolute atomic E-state index is 13.6. The first-order valence-corrected chi connectivity index (χ1v) is 15.9. The number of tetrazole rings is 1. The molecule has 2 aliphatic rings. The molecule has 2 fully saturated rings. The van der Waals surface area contributed by atoms with Gasteiger partial charge in [-0.3, -0.25) is 9.80 Å². The van der Waals surface area contributed by atoms with Crippen molar-refractivity contribution in [3.05, 3.63) is 101 Å². The Kier molecular flexibility index (Phi) is 8.63. The Morgan fingerprint density at radius 3 is 2.22 bits per heavy atom. The predicted molar refractivity (Wildman–Crippen MR) is 160 cm³/mol. The van der Waals surface area contributed by atoms with Crippen LogP contribution in [0.4, 0.5) is 13.2 Å². The number of benzene rings is 3. The van der Waals surface area contributed by atoms with Crippen LogP contribution in [-0.4, -0.2) is 94.6 Å². The number of alkyl halides is 3. The van der Waals surface area contributed by atoms with E-state index in [0.717, 1.165) is 11.1 Å². The molecule has 238 valence electrons. The van der Waals surface area contributed by atoms with E-state index in [-0.39, 0.29) is 36.8 Å². The largest absolute Gasteiger partial charge is 0.496 e. The van der Waals surface area contributed by atoms with Crippen molar-refractivity contribution >= 4 is 10.2 Å². The first kappa shape index (κ1) is 31.1. The molecule has 4 aromatic rings. The summed E-state index contributed by atoms with van der Waals surface area (Å²) in [5, 5.41) is 15.6. The van der Waals surface area contributed by atoms with Gasteiger partial charge in [-0.05, 0) is 39.8 Å². The van der Waals surface area contributed by atoms with E-state index in [1.807, 2.05) is 36.4 Å². The summed E-state index contributed by atoms with van der Waals surface area (Å²) in [7, 11) is -2.39. The smallest absolute Gasteiger partial charge is 0.453 e. The molecule has 6 rings (SSSR count). The normalized spacial score (nSPS) is 20.3. The predicted octanol–water partition coefficient (Wildman–Crippen LogP) is 2.90.